The third-order valence-corrected chi connectivity index (χ3v) is 15.9. The number of amides is 16. The lowest BCUT2D eigenvalue weighted by Gasteiger charge is -2.30. The van der Waals surface area contributed by atoms with Crippen molar-refractivity contribution in [2.24, 2.45) is 45.3 Å². The Bertz CT molecular complexity index is 3300. The van der Waals surface area contributed by atoms with E-state index in [4.69, 9.17) is 39.5 Å². The number of aliphatic carboxylic acids is 4. The maximum Gasteiger partial charge on any atom is 0.322 e. The van der Waals surface area contributed by atoms with Crippen molar-refractivity contribution >= 4 is 124 Å². The highest BCUT2D eigenvalue weighted by atomic mass is 16.4. The third-order valence-electron chi connectivity index (χ3n) is 15.9. The van der Waals surface area contributed by atoms with Crippen LogP contribution in [0.25, 0.3) is 0 Å². The van der Waals surface area contributed by atoms with Crippen LogP contribution >= 0.6 is 0 Å². The number of primary amides is 2. The molecule has 1 aliphatic heterocycles. The van der Waals surface area contributed by atoms with Crippen LogP contribution in [-0.2, 0) is 95.9 Å². The molecule has 0 radical (unpaired) electrons. The first-order valence-electron chi connectivity index (χ1n) is 34.4. The van der Waals surface area contributed by atoms with E-state index in [0.717, 1.165) is 25.7 Å². The zero-order chi connectivity index (χ0) is 83.1. The standard InChI is InChI=1S/C62H103N21O26/c1-27(2)20-31(64)51(99)75-34(13-15-41(65)86)55(103)76-33(10-6-7-17-63)54(102)78-37(22-45(91)92)56(104)77-35(14-16-44(89)90)61(109)83-19-9-12-40(83)59(107)80-36(21-42(66)87)52(100)70-24-43(88)74-32(11-8-18-69-62(67)68)53(101)72-29(4)50(98)81-39(26-84)58(106)79-38(23-46(93)94)57(105)82-48(30(5)85)60(108)73-28(3)49(97)71-25-47(95)96/h27-40,48,84-85H,6-26,63-64H2,1-5H3,(H2,65,86)(H2,66,87)(H,70,100)(H,71,97)(H,72,101)(H,73,108)(H,74,88)(H,75,99)(H,76,103)(H,77,104)(H,78,102)(H,79,106)(H,80,107)(H,81,98)(H,82,105)(H,89,90)(H,91,92)(H,93,94)(H,95,96)(H4,67,68,69)/t28-,29-,30+,31-,32-,33-,34-,35-,36-,37-,38-,39-,40-,48-/m0/s1. The van der Waals surface area contributed by atoms with E-state index >= 15 is 0 Å². The van der Waals surface area contributed by atoms with Crippen LogP contribution in [0, 0.1) is 5.92 Å². The van der Waals surface area contributed by atoms with Gasteiger partial charge in [-0.05, 0) is 97.4 Å². The highest BCUT2D eigenvalue weighted by molar-refractivity contribution is 6.02. The number of nitrogens with two attached hydrogens (primary N) is 6. The fourth-order valence-electron chi connectivity index (χ4n) is 10.3. The van der Waals surface area contributed by atoms with Crippen molar-refractivity contribution in [3.05, 3.63) is 0 Å². The second kappa shape index (κ2) is 48.7. The van der Waals surface area contributed by atoms with Gasteiger partial charge in [0.25, 0.3) is 0 Å². The molecule has 0 unspecified atom stereocenters. The van der Waals surface area contributed by atoms with Gasteiger partial charge in [-0.2, -0.15) is 0 Å². The summed E-state index contributed by atoms with van der Waals surface area (Å²) in [6, 6.07) is -22.3. The molecule has 1 heterocycles. The molecule has 31 N–H and O–H groups in total. The van der Waals surface area contributed by atoms with Gasteiger partial charge in [-0.15, -0.1) is 0 Å². The summed E-state index contributed by atoms with van der Waals surface area (Å²) in [6.45, 7) is 3.39. The number of hydrogen-bond donors (Lipinski definition) is 25. The molecular formula is C62H103N21O26. The number of nitrogens with zero attached hydrogens (tertiary/aromatic N) is 2. The number of carbonyl (C=O) groups excluding carboxylic acids is 16. The minimum absolute atomic E-state index is 0.0493. The highest BCUT2D eigenvalue weighted by Crippen LogP contribution is 2.21. The van der Waals surface area contributed by atoms with E-state index in [0.29, 0.717) is 6.42 Å². The number of rotatable bonds is 52. The van der Waals surface area contributed by atoms with Gasteiger partial charge >= 0.3 is 23.9 Å². The van der Waals surface area contributed by atoms with Crippen LogP contribution in [0.2, 0.25) is 0 Å². The Morgan fingerprint density at radius 2 is 0.927 bits per heavy atom. The first kappa shape index (κ1) is 95.5. The van der Waals surface area contributed by atoms with Crippen molar-refractivity contribution in [1.82, 2.24) is 74.0 Å². The van der Waals surface area contributed by atoms with E-state index < -0.39 is 261 Å². The van der Waals surface area contributed by atoms with Crippen molar-refractivity contribution < 1.29 is 127 Å². The summed E-state index contributed by atoms with van der Waals surface area (Å²) in [5.74, 6) is -25.1. The number of hydrogen-bond acceptors (Lipinski definition) is 25. The van der Waals surface area contributed by atoms with E-state index in [2.05, 4.69) is 58.2 Å². The molecule has 0 aromatic rings. The number of unbranched alkanes of at least 4 members (excludes halogenated alkanes) is 1. The molecule has 0 bridgehead atoms. The zero-order valence-corrected chi connectivity index (χ0v) is 60.7. The minimum atomic E-state index is -2.09. The molecule has 47 heteroatoms. The Balaban J connectivity index is 3.41. The summed E-state index contributed by atoms with van der Waals surface area (Å²) in [5, 5.41) is 86.8. The molecule has 612 valence electrons. The molecule has 1 saturated heterocycles. The Kier molecular flexibility index (Phi) is 42.6. The molecule has 0 saturated carbocycles. The average Bonchev–Trinajstić information content (AvgIpc) is 1.73. The Labute approximate surface area is 623 Å². The number of aliphatic imine (C=N–C) groups is 1. The number of nitrogens with one attached hydrogen (secondary N) is 13. The third kappa shape index (κ3) is 37.1. The molecule has 1 fully saturated rings. The fourth-order valence-corrected chi connectivity index (χ4v) is 10.3. The number of likely N-dealkylation sites (tertiary alicyclic amines) is 1. The van der Waals surface area contributed by atoms with Crippen LogP contribution in [0.1, 0.15) is 131 Å². The van der Waals surface area contributed by atoms with E-state index in [1.54, 1.807) is 13.8 Å². The molecule has 0 aromatic heterocycles. The van der Waals surface area contributed by atoms with Crippen molar-refractivity contribution in [3.63, 3.8) is 0 Å². The summed E-state index contributed by atoms with van der Waals surface area (Å²) in [5.41, 5.74) is 33.2. The van der Waals surface area contributed by atoms with E-state index in [-0.39, 0.29) is 82.9 Å². The SMILES string of the molecule is CC(C)C[C@H](N)C(=O)N[C@@H](CCC(N)=O)C(=O)N[C@@H](CCCCN)C(=O)N[C@@H](CC(=O)O)C(=O)N[C@@H](CCC(=O)O)C(=O)N1CCC[C@H]1C(=O)N[C@@H](CC(N)=O)C(=O)NCC(=O)N[C@@H](CCCN=C(N)N)C(=O)N[C@@H](C)C(=O)N[C@@H](CO)C(=O)N[C@@H](CC(=O)O)C(=O)N[C@H](C(=O)N[C@@H](C)C(=O)NCC(=O)O)[C@@H](C)O. The van der Waals surface area contributed by atoms with Gasteiger partial charge in [0.05, 0.1) is 44.6 Å². The van der Waals surface area contributed by atoms with Crippen LogP contribution in [0.4, 0.5) is 0 Å². The summed E-state index contributed by atoms with van der Waals surface area (Å²) in [4.78, 5) is 265. The van der Waals surface area contributed by atoms with Crippen molar-refractivity contribution in [1.29, 1.82) is 0 Å². The van der Waals surface area contributed by atoms with E-state index in [1.807, 2.05) is 16.0 Å². The monoisotopic (exact) mass is 1560 g/mol. The van der Waals surface area contributed by atoms with E-state index in [1.165, 1.54) is 0 Å². The predicted molar refractivity (Wildman–Crippen MR) is 374 cm³/mol. The summed E-state index contributed by atoms with van der Waals surface area (Å²) >= 11 is 0. The van der Waals surface area contributed by atoms with E-state index in [9.17, 15) is 121 Å². The van der Waals surface area contributed by atoms with Gasteiger partial charge in [-0.25, -0.2) is 0 Å². The maximum atomic E-state index is 14.4. The highest BCUT2D eigenvalue weighted by Gasteiger charge is 2.42. The second-order valence-corrected chi connectivity index (χ2v) is 25.7. The zero-order valence-electron chi connectivity index (χ0n) is 60.7. The lowest BCUT2D eigenvalue weighted by molar-refractivity contribution is -0.144. The molecule has 1 rings (SSSR count). The Morgan fingerprint density at radius 3 is 1.45 bits per heavy atom. The van der Waals surface area contributed by atoms with Crippen LogP contribution in [0.15, 0.2) is 4.99 Å². The number of carboxylic acids is 4. The molecule has 47 nitrogen and oxygen atoms in total. The smallest absolute Gasteiger partial charge is 0.322 e. The van der Waals surface area contributed by atoms with Gasteiger partial charge < -0.3 is 139 Å². The average molecular weight is 1560 g/mol. The number of carbonyl (C=O) groups is 20. The lowest BCUT2D eigenvalue weighted by atomic mass is 10.0. The molecule has 14 atom stereocenters. The minimum Gasteiger partial charge on any atom is -0.481 e. The van der Waals surface area contributed by atoms with Gasteiger partial charge in [0, 0.05) is 25.9 Å². The summed E-state index contributed by atoms with van der Waals surface area (Å²) in [6.07, 6.45) is -7.38. The fraction of sp³-hybridized carbons (Fsp3) is 0.661. The van der Waals surface area contributed by atoms with Gasteiger partial charge in [0.1, 0.15) is 79.0 Å². The second-order valence-electron chi connectivity index (χ2n) is 25.7. The van der Waals surface area contributed by atoms with Crippen LogP contribution in [-0.4, -0.2) is 284 Å². The van der Waals surface area contributed by atoms with Crippen LogP contribution in [0.3, 0.4) is 0 Å². The lowest BCUT2D eigenvalue weighted by Crippen LogP contribution is -2.61. The number of aliphatic hydroxyl groups is 2. The van der Waals surface area contributed by atoms with Crippen LogP contribution in [0.5, 0.6) is 0 Å². The first-order valence-corrected chi connectivity index (χ1v) is 34.4. The summed E-state index contributed by atoms with van der Waals surface area (Å²) < 4.78 is 0. The number of guanidine groups is 1. The van der Waals surface area contributed by atoms with Crippen molar-refractivity contribution in [3.8, 4) is 0 Å². The quantitative estimate of drug-likeness (QED) is 0.0153. The molecule has 1 aliphatic rings. The molecular weight excluding hydrogens is 1450 g/mol. The van der Waals surface area contributed by atoms with Crippen molar-refractivity contribution in [2.75, 3.05) is 39.3 Å². The van der Waals surface area contributed by atoms with Gasteiger partial charge in [0.15, 0.2) is 5.96 Å². The normalized spacial score (nSPS) is 15.9. The largest absolute Gasteiger partial charge is 0.481 e. The number of aliphatic hydroxyl groups excluding tert-OH is 2. The topological polar surface area (TPSA) is 791 Å². The molecule has 0 aromatic carbocycles. The predicted octanol–water partition coefficient (Wildman–Crippen LogP) is -12.4. The summed E-state index contributed by atoms with van der Waals surface area (Å²) in [7, 11) is 0. The van der Waals surface area contributed by atoms with Crippen LogP contribution < -0.4 is 104 Å². The molecule has 16 amide bonds. The van der Waals surface area contributed by atoms with Gasteiger partial charge in [-0.1, -0.05) is 13.8 Å². The Hall–Kier alpha value is -11.5. The molecule has 0 spiro atoms. The first-order chi connectivity index (χ1) is 50.9. The number of carboxylic acid groups (broad SMARTS) is 4. The molecule has 109 heavy (non-hydrogen) atoms. The van der Waals surface area contributed by atoms with Gasteiger partial charge in [-0.3, -0.25) is 101 Å². The molecule has 0 aliphatic carbocycles. The van der Waals surface area contributed by atoms with Gasteiger partial charge in [0.2, 0.25) is 94.5 Å². The Morgan fingerprint density at radius 1 is 0.459 bits per heavy atom. The maximum absolute atomic E-state index is 14.4. The van der Waals surface area contributed by atoms with Crippen molar-refractivity contribution in [2.45, 2.75) is 216 Å².